The Hall–Kier alpha value is -1.94. The molecule has 0 saturated heterocycles. The third-order valence-electron chi connectivity index (χ3n) is 7.29. The van der Waals surface area contributed by atoms with Gasteiger partial charge in [0.15, 0.2) is 14.0 Å². The number of ether oxygens (including phenoxy) is 1. The van der Waals surface area contributed by atoms with Gasteiger partial charge in [-0.05, 0) is 48.8 Å². The van der Waals surface area contributed by atoms with Crippen molar-refractivity contribution >= 4 is 31.5 Å². The van der Waals surface area contributed by atoms with Gasteiger partial charge in [0.05, 0.1) is 12.7 Å². The molecule has 4 atom stereocenters. The first kappa shape index (κ1) is 32.1. The van der Waals surface area contributed by atoms with Crippen LogP contribution in [0.2, 0.25) is 18.1 Å². The molecule has 1 heterocycles. The third kappa shape index (κ3) is 8.29. The van der Waals surface area contributed by atoms with Crippen LogP contribution >= 0.6 is 11.3 Å². The summed E-state index contributed by atoms with van der Waals surface area (Å²) in [6.07, 6.45) is 0.914. The van der Waals surface area contributed by atoms with Crippen LogP contribution in [0.4, 0.5) is 0 Å². The number of esters is 1. The number of carbonyl (C=O) groups is 2. The molecule has 0 aliphatic rings. The van der Waals surface area contributed by atoms with Crippen molar-refractivity contribution < 1.29 is 18.8 Å². The van der Waals surface area contributed by atoms with Crippen molar-refractivity contribution in [3.05, 3.63) is 26.5 Å². The highest BCUT2D eigenvalue weighted by atomic mass is 32.1. The Labute approximate surface area is 221 Å². The topological polar surface area (TPSA) is 117 Å². The number of rotatable bonds is 16. The number of thiazole rings is 1. The van der Waals surface area contributed by atoms with Crippen LogP contribution in [0.25, 0.3) is 10.4 Å². The van der Waals surface area contributed by atoms with Gasteiger partial charge in [-0.3, -0.25) is 4.79 Å². The Balaban J connectivity index is 3.42. The SMILES string of the molecule is CCOC(=O)c1csc(C(C[C@H](C(C)C)N(C)C(=O)C(N=[N+]=[N-])[C@@H](C)CC)O[Si](CC)(CC)CC)n1. The van der Waals surface area contributed by atoms with Crippen molar-refractivity contribution in [1.29, 1.82) is 0 Å². The van der Waals surface area contributed by atoms with Crippen molar-refractivity contribution in [3.63, 3.8) is 0 Å². The van der Waals surface area contributed by atoms with E-state index in [2.05, 4.69) is 49.6 Å². The second-order valence-electron chi connectivity index (χ2n) is 9.67. The Kier molecular flexibility index (Phi) is 13.7. The fourth-order valence-electron chi connectivity index (χ4n) is 4.39. The minimum Gasteiger partial charge on any atom is -0.461 e. The molecule has 0 saturated carbocycles. The van der Waals surface area contributed by atoms with Gasteiger partial charge in [0, 0.05) is 23.4 Å². The molecule has 1 aromatic rings. The molecule has 0 N–H and O–H groups in total. The molecular formula is C25H45N5O4SSi. The summed E-state index contributed by atoms with van der Waals surface area (Å²) in [6, 6.07) is 1.99. The standard InChI is InChI=1S/C25H45N5O4SSi/c1-10-18(8)22(28-29-26)24(31)30(9)20(17(6)7)15-21(34-36(12-3,13-4)14-5)23-27-19(16-35-23)25(32)33-11-2/h16-18,20-22H,10-15H2,1-9H3/t18-,20+,21?,22?/m0/s1. The number of likely N-dealkylation sites (N-methyl/N-ethyl adjacent to an activating group) is 1. The summed E-state index contributed by atoms with van der Waals surface area (Å²) in [6.45, 7) is 16.6. The Morgan fingerprint density at radius 3 is 2.25 bits per heavy atom. The summed E-state index contributed by atoms with van der Waals surface area (Å²) in [5.41, 5.74) is 9.36. The molecule has 1 rings (SSSR count). The van der Waals surface area contributed by atoms with E-state index in [4.69, 9.17) is 14.7 Å². The molecular weight excluding hydrogens is 494 g/mol. The van der Waals surface area contributed by atoms with Crippen molar-refractivity contribution in [2.75, 3.05) is 13.7 Å². The monoisotopic (exact) mass is 539 g/mol. The van der Waals surface area contributed by atoms with Crippen molar-refractivity contribution in [1.82, 2.24) is 9.88 Å². The second kappa shape index (κ2) is 15.3. The van der Waals surface area contributed by atoms with Crippen LogP contribution in [0.3, 0.4) is 0 Å². The maximum atomic E-state index is 13.5. The molecule has 0 aliphatic carbocycles. The average Bonchev–Trinajstić information content (AvgIpc) is 3.37. The minimum atomic E-state index is -2.04. The largest absolute Gasteiger partial charge is 0.461 e. The number of carbonyl (C=O) groups excluding carboxylic acids is 2. The molecule has 2 unspecified atom stereocenters. The first-order valence-electron chi connectivity index (χ1n) is 13.2. The van der Waals surface area contributed by atoms with Gasteiger partial charge in [-0.1, -0.05) is 60.0 Å². The molecule has 1 amide bonds. The molecule has 36 heavy (non-hydrogen) atoms. The van der Waals surface area contributed by atoms with Gasteiger partial charge in [0.1, 0.15) is 11.0 Å². The molecule has 0 radical (unpaired) electrons. The second-order valence-corrected chi connectivity index (χ2v) is 15.3. The summed E-state index contributed by atoms with van der Waals surface area (Å²) in [5.74, 6) is -0.570. The van der Waals surface area contributed by atoms with Crippen LogP contribution in [0.15, 0.2) is 10.5 Å². The predicted octanol–water partition coefficient (Wildman–Crippen LogP) is 6.98. The van der Waals surface area contributed by atoms with Crippen molar-refractivity contribution in [2.45, 2.75) is 105 Å². The zero-order valence-corrected chi connectivity index (χ0v) is 25.3. The molecule has 0 fully saturated rings. The Bertz CT molecular complexity index is 877. The lowest BCUT2D eigenvalue weighted by molar-refractivity contribution is -0.136. The third-order valence-corrected chi connectivity index (χ3v) is 12.9. The lowest BCUT2D eigenvalue weighted by Crippen LogP contribution is -2.48. The van der Waals surface area contributed by atoms with E-state index in [1.807, 2.05) is 13.8 Å². The minimum absolute atomic E-state index is 0.0675. The van der Waals surface area contributed by atoms with Crippen LogP contribution in [-0.2, 0) is 14.0 Å². The zero-order valence-electron chi connectivity index (χ0n) is 23.5. The van der Waals surface area contributed by atoms with E-state index in [9.17, 15) is 9.59 Å². The maximum absolute atomic E-state index is 13.5. The van der Waals surface area contributed by atoms with Crippen LogP contribution in [0.1, 0.15) is 89.8 Å². The lowest BCUT2D eigenvalue weighted by Gasteiger charge is -2.38. The van der Waals surface area contributed by atoms with Crippen LogP contribution < -0.4 is 0 Å². The highest BCUT2D eigenvalue weighted by Gasteiger charge is 2.38. The number of nitrogens with zero attached hydrogens (tertiary/aromatic N) is 5. The summed E-state index contributed by atoms with van der Waals surface area (Å²) >= 11 is 1.40. The smallest absolute Gasteiger partial charge is 0.357 e. The summed E-state index contributed by atoms with van der Waals surface area (Å²) in [5, 5.41) is 6.28. The van der Waals surface area contributed by atoms with Gasteiger partial charge in [0.25, 0.3) is 0 Å². The van der Waals surface area contributed by atoms with E-state index >= 15 is 0 Å². The van der Waals surface area contributed by atoms with Crippen molar-refractivity contribution in [2.24, 2.45) is 17.0 Å². The maximum Gasteiger partial charge on any atom is 0.357 e. The van der Waals surface area contributed by atoms with Crippen molar-refractivity contribution in [3.8, 4) is 0 Å². The molecule has 0 aromatic carbocycles. The van der Waals surface area contributed by atoms with E-state index < -0.39 is 20.3 Å². The van der Waals surface area contributed by atoms with E-state index in [-0.39, 0.29) is 42.2 Å². The number of aromatic nitrogens is 1. The van der Waals surface area contributed by atoms with E-state index in [0.717, 1.165) is 29.6 Å². The summed E-state index contributed by atoms with van der Waals surface area (Å²) in [4.78, 5) is 35.0. The van der Waals surface area contributed by atoms with Gasteiger partial charge in [-0.2, -0.15) is 0 Å². The Morgan fingerprint density at radius 2 is 1.78 bits per heavy atom. The summed E-state index contributed by atoms with van der Waals surface area (Å²) in [7, 11) is -0.258. The fraction of sp³-hybridized carbons (Fsp3) is 0.800. The molecule has 0 spiro atoms. The molecule has 9 nitrogen and oxygen atoms in total. The summed E-state index contributed by atoms with van der Waals surface area (Å²) < 4.78 is 12.1. The van der Waals surface area contributed by atoms with E-state index in [0.29, 0.717) is 6.42 Å². The first-order chi connectivity index (χ1) is 17.0. The van der Waals surface area contributed by atoms with Crippen LogP contribution in [-0.4, -0.2) is 55.8 Å². The van der Waals surface area contributed by atoms with Gasteiger partial charge >= 0.3 is 5.97 Å². The van der Waals surface area contributed by atoms with Gasteiger partial charge in [-0.25, -0.2) is 9.78 Å². The zero-order chi connectivity index (χ0) is 27.5. The normalized spacial score (nSPS) is 15.1. The molecule has 11 heteroatoms. The average molecular weight is 540 g/mol. The number of hydrogen-bond acceptors (Lipinski definition) is 7. The quantitative estimate of drug-likeness (QED) is 0.0738. The molecule has 0 bridgehead atoms. The number of hydrogen-bond donors (Lipinski definition) is 0. The highest BCUT2D eigenvalue weighted by molar-refractivity contribution is 7.09. The van der Waals surface area contributed by atoms with Crippen LogP contribution in [0, 0.1) is 11.8 Å². The lowest BCUT2D eigenvalue weighted by atomic mass is 9.93. The molecule has 0 aliphatic heterocycles. The van der Waals surface area contributed by atoms with Gasteiger partial charge < -0.3 is 14.1 Å². The predicted molar refractivity (Wildman–Crippen MR) is 147 cm³/mol. The van der Waals surface area contributed by atoms with Gasteiger partial charge in [0.2, 0.25) is 5.91 Å². The fourth-order valence-corrected chi connectivity index (χ4v) is 8.12. The van der Waals surface area contributed by atoms with Crippen LogP contribution in [0.5, 0.6) is 0 Å². The molecule has 1 aromatic heterocycles. The number of azide groups is 1. The van der Waals surface area contributed by atoms with Gasteiger partial charge in [-0.15, -0.1) is 11.3 Å². The Morgan fingerprint density at radius 1 is 1.17 bits per heavy atom. The van der Waals surface area contributed by atoms with E-state index in [1.54, 1.807) is 24.3 Å². The number of amides is 1. The highest BCUT2D eigenvalue weighted by Crippen LogP contribution is 2.36. The van der Waals surface area contributed by atoms with E-state index in [1.165, 1.54) is 11.3 Å². The molecule has 204 valence electrons. The first-order valence-corrected chi connectivity index (χ1v) is 16.6.